The Morgan fingerprint density at radius 3 is 2.56 bits per heavy atom. The zero-order valence-corrected chi connectivity index (χ0v) is 4.30. The van der Waals surface area contributed by atoms with Gasteiger partial charge < -0.3 is 4.84 Å². The fourth-order valence-corrected chi connectivity index (χ4v) is 0.439. The van der Waals surface area contributed by atoms with Crippen LogP contribution in [0.3, 0.4) is 0 Å². The highest BCUT2D eigenvalue weighted by molar-refractivity contribution is 6.03. The molecule has 0 aromatic carbocycles. The van der Waals surface area contributed by atoms with Crippen molar-refractivity contribution in [2.75, 3.05) is 0 Å². The van der Waals surface area contributed by atoms with Gasteiger partial charge in [-0.25, -0.2) is 13.6 Å². The van der Waals surface area contributed by atoms with Crippen LogP contribution in [0.5, 0.6) is 0 Å². The largest absolute Gasteiger partial charge is 0.340 e. The summed E-state index contributed by atoms with van der Waals surface area (Å²) in [7, 11) is 0. The second-order valence-corrected chi connectivity index (χ2v) is 1.52. The number of hydrogen-bond acceptors (Lipinski definition) is 3. The summed E-state index contributed by atoms with van der Waals surface area (Å²) in [5.41, 5.74) is -0.486. The van der Waals surface area contributed by atoms with Gasteiger partial charge in [-0.1, -0.05) is 5.16 Å². The molecule has 1 aliphatic rings. The van der Waals surface area contributed by atoms with Crippen molar-refractivity contribution in [1.82, 2.24) is 0 Å². The molecule has 0 aliphatic carbocycles. The van der Waals surface area contributed by atoms with Crippen molar-refractivity contribution in [1.29, 1.82) is 0 Å². The molecule has 0 N–H and O–H groups in total. The summed E-state index contributed by atoms with van der Waals surface area (Å²) in [6, 6.07) is 0. The van der Waals surface area contributed by atoms with Crippen LogP contribution in [0.4, 0.5) is 8.78 Å². The molecule has 1 aliphatic heterocycles. The molecule has 0 spiro atoms. The maximum absolute atomic E-state index is 11.6. The quantitative estimate of drug-likeness (QED) is 0.492. The fourth-order valence-electron chi connectivity index (χ4n) is 0.439. The van der Waals surface area contributed by atoms with E-state index in [-0.39, 0.29) is 6.42 Å². The summed E-state index contributed by atoms with van der Waals surface area (Å²) in [5, 5.41) is 2.83. The predicted octanol–water partition coefficient (Wildman–Crippen LogP) is 0.554. The lowest BCUT2D eigenvalue weighted by Crippen LogP contribution is -2.08. The van der Waals surface area contributed by atoms with Gasteiger partial charge in [0.2, 0.25) is 0 Å². The second kappa shape index (κ2) is 2.08. The van der Waals surface area contributed by atoms with E-state index in [1.807, 2.05) is 0 Å². The van der Waals surface area contributed by atoms with Crippen LogP contribution < -0.4 is 0 Å². The normalized spacial score (nSPS) is 18.1. The topological polar surface area (TPSA) is 38.7 Å². The van der Waals surface area contributed by atoms with Crippen molar-refractivity contribution in [2.45, 2.75) is 12.8 Å². The Labute approximate surface area is 49.3 Å². The average molecular weight is 135 g/mol. The summed E-state index contributed by atoms with van der Waals surface area (Å²) < 4.78 is 23.1. The van der Waals surface area contributed by atoms with Gasteiger partial charge in [0.25, 0.3) is 6.43 Å². The highest BCUT2D eigenvalue weighted by Gasteiger charge is 2.24. The molecule has 0 radical (unpaired) electrons. The third-order valence-electron chi connectivity index (χ3n) is 0.842. The van der Waals surface area contributed by atoms with Gasteiger partial charge in [-0.3, -0.25) is 0 Å². The van der Waals surface area contributed by atoms with Gasteiger partial charge >= 0.3 is 5.97 Å². The predicted molar refractivity (Wildman–Crippen MR) is 24.1 cm³/mol. The van der Waals surface area contributed by atoms with Crippen molar-refractivity contribution >= 4 is 11.7 Å². The molecule has 0 saturated carbocycles. The lowest BCUT2D eigenvalue weighted by atomic mass is 10.3. The molecule has 5 heteroatoms. The zero-order valence-electron chi connectivity index (χ0n) is 4.30. The van der Waals surface area contributed by atoms with Gasteiger partial charge in [0.15, 0.2) is 0 Å². The van der Waals surface area contributed by atoms with Gasteiger partial charge in [0, 0.05) is 0 Å². The van der Waals surface area contributed by atoms with Gasteiger partial charge in [-0.05, 0) is 0 Å². The molecule has 0 unspecified atom stereocenters. The Balaban J connectivity index is 2.55. The van der Waals surface area contributed by atoms with Gasteiger partial charge in [-0.15, -0.1) is 0 Å². The van der Waals surface area contributed by atoms with E-state index in [1.165, 1.54) is 0 Å². The third kappa shape index (κ3) is 1.22. The lowest BCUT2D eigenvalue weighted by molar-refractivity contribution is -0.140. The number of nitrogens with zero attached hydrogens (tertiary/aromatic N) is 1. The van der Waals surface area contributed by atoms with E-state index in [0.29, 0.717) is 0 Å². The van der Waals surface area contributed by atoms with Crippen LogP contribution in [0.2, 0.25) is 0 Å². The molecule has 0 bridgehead atoms. The number of carbonyl (C=O) groups is 1. The zero-order chi connectivity index (χ0) is 6.85. The molecule has 0 saturated heterocycles. The number of rotatable bonds is 1. The van der Waals surface area contributed by atoms with E-state index in [2.05, 4.69) is 9.99 Å². The van der Waals surface area contributed by atoms with Gasteiger partial charge in [0.1, 0.15) is 5.71 Å². The molecule has 3 nitrogen and oxygen atoms in total. The minimum absolute atomic E-state index is 0.377. The molecular formula is C4H3F2NO2. The van der Waals surface area contributed by atoms with Crippen LogP contribution in [0.15, 0.2) is 5.16 Å². The molecule has 0 aromatic heterocycles. The standard InChI is InChI=1S/C4H3F2NO2/c5-4(6)2-1-3(8)9-7-2/h4H,1H2. The molecule has 0 fully saturated rings. The van der Waals surface area contributed by atoms with Crippen molar-refractivity contribution in [3.05, 3.63) is 0 Å². The monoisotopic (exact) mass is 135 g/mol. The van der Waals surface area contributed by atoms with E-state index < -0.39 is 18.1 Å². The average Bonchev–Trinajstić information content (AvgIpc) is 2.14. The number of hydrogen-bond donors (Lipinski definition) is 0. The van der Waals surface area contributed by atoms with E-state index in [1.54, 1.807) is 0 Å². The summed E-state index contributed by atoms with van der Waals surface area (Å²) >= 11 is 0. The van der Waals surface area contributed by atoms with Crippen molar-refractivity contribution in [3.8, 4) is 0 Å². The highest BCUT2D eigenvalue weighted by atomic mass is 19.3. The van der Waals surface area contributed by atoms with Crippen molar-refractivity contribution in [3.63, 3.8) is 0 Å². The van der Waals surface area contributed by atoms with Crippen molar-refractivity contribution in [2.24, 2.45) is 5.16 Å². The first kappa shape index (κ1) is 6.12. The smallest absolute Gasteiger partial charge is 0.318 e. The molecular weight excluding hydrogens is 132 g/mol. The third-order valence-corrected chi connectivity index (χ3v) is 0.842. The summed E-state index contributed by atoms with van der Waals surface area (Å²) in [4.78, 5) is 14.0. The maximum atomic E-state index is 11.6. The molecule has 1 rings (SSSR count). The first-order valence-corrected chi connectivity index (χ1v) is 2.25. The van der Waals surface area contributed by atoms with E-state index in [4.69, 9.17) is 0 Å². The first-order chi connectivity index (χ1) is 4.20. The Morgan fingerprint density at radius 2 is 2.33 bits per heavy atom. The molecule has 0 amide bonds. The SMILES string of the molecule is O=C1CC(C(F)F)=NO1. The Bertz CT molecular complexity index is 166. The summed E-state index contributed by atoms with van der Waals surface area (Å²) in [5.74, 6) is -0.717. The Hall–Kier alpha value is -1.00. The van der Waals surface area contributed by atoms with Gasteiger partial charge in [0.05, 0.1) is 6.42 Å². The van der Waals surface area contributed by atoms with Crippen molar-refractivity contribution < 1.29 is 18.4 Å². The summed E-state index contributed by atoms with van der Waals surface area (Å²) in [6.45, 7) is 0. The van der Waals surface area contributed by atoms with Gasteiger partial charge in [-0.2, -0.15) is 0 Å². The number of alkyl halides is 2. The number of oxime groups is 1. The summed E-state index contributed by atoms with van der Waals surface area (Å²) in [6.07, 6.45) is -3.05. The first-order valence-electron chi connectivity index (χ1n) is 2.25. The molecule has 0 aromatic rings. The Kier molecular flexibility index (Phi) is 1.42. The Morgan fingerprint density at radius 1 is 1.67 bits per heavy atom. The molecule has 9 heavy (non-hydrogen) atoms. The highest BCUT2D eigenvalue weighted by Crippen LogP contribution is 2.08. The van der Waals surface area contributed by atoms with E-state index in [9.17, 15) is 13.6 Å². The maximum Gasteiger partial charge on any atom is 0.340 e. The number of halogens is 2. The minimum Gasteiger partial charge on any atom is -0.318 e. The fraction of sp³-hybridized carbons (Fsp3) is 0.500. The number of carbonyl (C=O) groups excluding carboxylic acids is 1. The van der Waals surface area contributed by atoms with Crippen LogP contribution >= 0.6 is 0 Å². The molecule has 50 valence electrons. The second-order valence-electron chi connectivity index (χ2n) is 1.52. The van der Waals surface area contributed by atoms with Crippen LogP contribution in [0.25, 0.3) is 0 Å². The molecule has 0 atom stereocenters. The van der Waals surface area contributed by atoms with E-state index >= 15 is 0 Å². The van der Waals surface area contributed by atoms with E-state index in [0.717, 1.165) is 0 Å². The van der Waals surface area contributed by atoms with Crippen LogP contribution in [0.1, 0.15) is 6.42 Å². The minimum atomic E-state index is -2.67. The molecule has 1 heterocycles. The lowest BCUT2D eigenvalue weighted by Gasteiger charge is -1.88. The van der Waals surface area contributed by atoms with Crippen LogP contribution in [-0.4, -0.2) is 18.1 Å². The van der Waals surface area contributed by atoms with Crippen LogP contribution in [-0.2, 0) is 9.63 Å². The van der Waals surface area contributed by atoms with Crippen LogP contribution in [0, 0.1) is 0 Å².